The summed E-state index contributed by atoms with van der Waals surface area (Å²) in [6.07, 6.45) is 2.93. The summed E-state index contributed by atoms with van der Waals surface area (Å²) in [4.78, 5) is 0. The van der Waals surface area contributed by atoms with Gasteiger partial charge in [0.2, 0.25) is 0 Å². The second kappa shape index (κ2) is 5.80. The third-order valence-electron chi connectivity index (χ3n) is 2.64. The molecule has 0 bridgehead atoms. The Labute approximate surface area is 121 Å². The van der Waals surface area contributed by atoms with E-state index in [9.17, 15) is 0 Å². The Bertz CT molecular complexity index is 186. The van der Waals surface area contributed by atoms with Crippen molar-refractivity contribution in [2.24, 2.45) is 0 Å². The summed E-state index contributed by atoms with van der Waals surface area (Å²) in [5.74, 6) is 0. The van der Waals surface area contributed by atoms with E-state index in [1.807, 2.05) is 0 Å². The van der Waals surface area contributed by atoms with Gasteiger partial charge in [0.25, 0.3) is 0 Å². The van der Waals surface area contributed by atoms with Crippen LogP contribution in [-0.4, -0.2) is 33.5 Å². The molecule has 1 saturated heterocycles. The van der Waals surface area contributed by atoms with Crippen molar-refractivity contribution in [3.05, 3.63) is 0 Å². The molecule has 0 radical (unpaired) electrons. The van der Waals surface area contributed by atoms with Gasteiger partial charge in [-0.05, 0) is 12.8 Å². The molecule has 0 spiro atoms. The summed E-state index contributed by atoms with van der Waals surface area (Å²) in [5.41, 5.74) is 0. The molecular formula is C10H26NNaOSi2. The van der Waals surface area contributed by atoms with Gasteiger partial charge in [-0.25, -0.2) is 0 Å². The third kappa shape index (κ3) is 4.62. The van der Waals surface area contributed by atoms with Crippen LogP contribution >= 0.6 is 0 Å². The van der Waals surface area contributed by atoms with Crippen LogP contribution in [0.2, 0.25) is 39.3 Å². The van der Waals surface area contributed by atoms with Gasteiger partial charge in [-0.1, -0.05) is 39.3 Å². The van der Waals surface area contributed by atoms with Crippen molar-refractivity contribution in [2.75, 3.05) is 6.61 Å². The Morgan fingerprint density at radius 1 is 1.07 bits per heavy atom. The molecule has 0 aromatic heterocycles. The number of nitrogens with zero attached hydrogens (tertiary/aromatic N) is 1. The molecule has 15 heavy (non-hydrogen) atoms. The van der Waals surface area contributed by atoms with E-state index in [4.69, 9.17) is 4.74 Å². The summed E-state index contributed by atoms with van der Waals surface area (Å²) in [7, 11) is -2.43. The molecule has 0 amide bonds. The smallest absolute Gasteiger partial charge is 1.00 e. The monoisotopic (exact) mass is 255 g/mol. The maximum absolute atomic E-state index is 5.86. The van der Waals surface area contributed by atoms with E-state index in [0.717, 1.165) is 6.61 Å². The predicted octanol–water partition coefficient (Wildman–Crippen LogP) is 0.211. The van der Waals surface area contributed by atoms with Crippen molar-refractivity contribution in [1.82, 2.24) is 4.23 Å². The van der Waals surface area contributed by atoms with Crippen molar-refractivity contribution >= 4 is 16.5 Å². The van der Waals surface area contributed by atoms with Gasteiger partial charge in [0, 0.05) is 6.61 Å². The molecular weight excluding hydrogens is 229 g/mol. The van der Waals surface area contributed by atoms with Gasteiger partial charge in [0.05, 0.1) is 6.23 Å². The molecule has 1 aliphatic heterocycles. The van der Waals surface area contributed by atoms with Gasteiger partial charge >= 0.3 is 29.6 Å². The Hall–Kier alpha value is 1.35. The SMILES string of the molecule is C[Si](C)(C)N(C1CCCO1)[Si](C)(C)C.[H-].[Na+]. The number of ether oxygens (including phenoxy) is 1. The summed E-state index contributed by atoms with van der Waals surface area (Å²) in [6.45, 7) is 15.6. The van der Waals surface area contributed by atoms with Gasteiger partial charge < -0.3 is 10.4 Å². The molecule has 0 aromatic carbocycles. The van der Waals surface area contributed by atoms with Crippen molar-refractivity contribution in [2.45, 2.75) is 58.4 Å². The zero-order valence-corrected chi connectivity index (χ0v) is 15.6. The van der Waals surface area contributed by atoms with Gasteiger partial charge in [-0.3, -0.25) is 0 Å². The maximum Gasteiger partial charge on any atom is 1.00 e. The van der Waals surface area contributed by atoms with Crippen molar-refractivity contribution in [1.29, 1.82) is 0 Å². The molecule has 0 N–H and O–H groups in total. The molecule has 1 rings (SSSR count). The fraction of sp³-hybridized carbons (Fsp3) is 1.00. The van der Waals surface area contributed by atoms with Crippen LogP contribution in [-0.2, 0) is 4.74 Å². The Morgan fingerprint density at radius 2 is 1.53 bits per heavy atom. The first-order chi connectivity index (χ1) is 6.23. The molecule has 1 heterocycles. The van der Waals surface area contributed by atoms with Crippen LogP contribution in [0, 0.1) is 0 Å². The van der Waals surface area contributed by atoms with Crippen molar-refractivity contribution < 1.29 is 35.7 Å². The molecule has 1 fully saturated rings. The second-order valence-corrected chi connectivity index (χ2v) is 16.3. The largest absolute Gasteiger partial charge is 1.00 e. The average molecular weight is 255 g/mol. The summed E-state index contributed by atoms with van der Waals surface area (Å²) in [6, 6.07) is 0. The Morgan fingerprint density at radius 3 is 1.80 bits per heavy atom. The topological polar surface area (TPSA) is 12.5 Å². The third-order valence-corrected chi connectivity index (χ3v) is 10.1. The van der Waals surface area contributed by atoms with E-state index in [0.29, 0.717) is 6.23 Å². The molecule has 2 nitrogen and oxygen atoms in total. The summed E-state index contributed by atoms with van der Waals surface area (Å²) in [5, 5.41) is 0. The first-order valence-electron chi connectivity index (χ1n) is 5.64. The van der Waals surface area contributed by atoms with Crippen LogP contribution in [0.25, 0.3) is 0 Å². The quantitative estimate of drug-likeness (QED) is 0.669. The van der Waals surface area contributed by atoms with Crippen molar-refractivity contribution in [3.63, 3.8) is 0 Å². The minimum absolute atomic E-state index is 0. The van der Waals surface area contributed by atoms with Gasteiger partial charge in [-0.15, -0.1) is 0 Å². The number of hydrogen-bond acceptors (Lipinski definition) is 2. The molecule has 5 heteroatoms. The molecule has 0 aliphatic carbocycles. The molecule has 1 atom stereocenters. The van der Waals surface area contributed by atoms with Gasteiger partial charge in [0.1, 0.15) is 16.5 Å². The maximum atomic E-state index is 5.86. The minimum atomic E-state index is -1.22. The molecule has 0 aromatic rings. The Kier molecular flexibility index (Phi) is 6.32. The van der Waals surface area contributed by atoms with Gasteiger partial charge in [0.15, 0.2) is 0 Å². The van der Waals surface area contributed by atoms with E-state index < -0.39 is 16.5 Å². The summed E-state index contributed by atoms with van der Waals surface area (Å²) >= 11 is 0. The standard InChI is InChI=1S/C10H25NOSi2.Na.H/c1-13(2,3)11(14(4,5)6)10-8-7-9-12-10;;/h10H,7-9H2,1-6H3;;/q;+1;-1. The predicted molar refractivity (Wildman–Crippen MR) is 68.6 cm³/mol. The van der Waals surface area contributed by atoms with E-state index in [1.165, 1.54) is 12.8 Å². The Balaban J connectivity index is 0. The zero-order chi connectivity index (χ0) is 11.0. The van der Waals surface area contributed by atoms with Gasteiger partial charge in [-0.2, -0.15) is 0 Å². The van der Waals surface area contributed by atoms with Crippen LogP contribution in [0.5, 0.6) is 0 Å². The fourth-order valence-corrected chi connectivity index (χ4v) is 12.8. The first-order valence-corrected chi connectivity index (χ1v) is 12.5. The molecule has 1 aliphatic rings. The van der Waals surface area contributed by atoms with Crippen molar-refractivity contribution in [3.8, 4) is 0 Å². The van der Waals surface area contributed by atoms with Crippen LogP contribution in [0.15, 0.2) is 0 Å². The molecule has 86 valence electrons. The van der Waals surface area contributed by atoms with E-state index in [2.05, 4.69) is 43.5 Å². The summed E-state index contributed by atoms with van der Waals surface area (Å²) < 4.78 is 8.63. The van der Waals surface area contributed by atoms with E-state index >= 15 is 0 Å². The second-order valence-electron chi connectivity index (χ2n) is 6.18. The van der Waals surface area contributed by atoms with Crippen LogP contribution in [0.3, 0.4) is 0 Å². The molecule has 1 unspecified atom stereocenters. The normalized spacial score (nSPS) is 23.0. The van der Waals surface area contributed by atoms with Crippen LogP contribution in [0.1, 0.15) is 14.3 Å². The van der Waals surface area contributed by atoms with E-state index in [1.54, 1.807) is 0 Å². The number of rotatable bonds is 3. The minimum Gasteiger partial charge on any atom is -1.00 e. The fourth-order valence-electron chi connectivity index (χ4n) is 2.63. The van der Waals surface area contributed by atoms with E-state index in [-0.39, 0.29) is 31.0 Å². The molecule has 0 saturated carbocycles. The first kappa shape index (κ1) is 16.4. The number of hydrogen-bond donors (Lipinski definition) is 0. The zero-order valence-electron chi connectivity index (χ0n) is 12.6. The van der Waals surface area contributed by atoms with Crippen LogP contribution in [0.4, 0.5) is 0 Å². The average Bonchev–Trinajstić information content (AvgIpc) is 2.31. The van der Waals surface area contributed by atoms with Crippen LogP contribution < -0.4 is 29.6 Å².